The fraction of sp³-hybridized carbons (Fsp3) is 0.667. The average Bonchev–Trinajstić information content (AvgIpc) is 2.69. The van der Waals surface area contributed by atoms with Gasteiger partial charge in [-0.1, -0.05) is 0 Å². The smallest absolute Gasteiger partial charge is 0.274 e. The quantitative estimate of drug-likeness (QED) is 0.869. The van der Waals surface area contributed by atoms with E-state index >= 15 is 0 Å². The topological polar surface area (TPSA) is 72.9 Å². The molecule has 6 heteroatoms. The van der Waals surface area contributed by atoms with Crippen LogP contribution in [-0.4, -0.2) is 33.2 Å². The largest absolute Gasteiger partial charge is 0.396 e. The highest BCUT2D eigenvalue weighted by Crippen LogP contribution is 2.27. The number of anilines is 1. The molecule has 18 heavy (non-hydrogen) atoms. The van der Waals surface area contributed by atoms with Crippen molar-refractivity contribution in [3.05, 3.63) is 11.9 Å². The van der Waals surface area contributed by atoms with E-state index in [-0.39, 0.29) is 11.9 Å². The lowest BCUT2D eigenvalue weighted by Gasteiger charge is -2.27. The number of nitrogen functional groups attached to an aromatic ring is 1. The minimum Gasteiger partial charge on any atom is -0.396 e. The van der Waals surface area contributed by atoms with Crippen LogP contribution in [0, 0.1) is 0 Å². The van der Waals surface area contributed by atoms with Gasteiger partial charge in [0.25, 0.3) is 5.91 Å². The summed E-state index contributed by atoms with van der Waals surface area (Å²) < 4.78 is 1.56. The number of hydrogen-bond donors (Lipinski definition) is 2. The van der Waals surface area contributed by atoms with Gasteiger partial charge in [-0.2, -0.15) is 16.9 Å². The fourth-order valence-corrected chi connectivity index (χ4v) is 3.12. The summed E-state index contributed by atoms with van der Waals surface area (Å²) in [5.74, 6) is -0.152. The van der Waals surface area contributed by atoms with Crippen LogP contribution in [0.5, 0.6) is 0 Å². The molecule has 1 amide bonds. The molecule has 2 rings (SSSR count). The van der Waals surface area contributed by atoms with Gasteiger partial charge in [0.1, 0.15) is 0 Å². The van der Waals surface area contributed by atoms with Gasteiger partial charge in [0.2, 0.25) is 0 Å². The van der Waals surface area contributed by atoms with Crippen LogP contribution in [0.15, 0.2) is 6.20 Å². The molecule has 0 unspecified atom stereocenters. The number of nitrogens with zero attached hydrogens (tertiary/aromatic N) is 2. The molecule has 5 nitrogen and oxygen atoms in total. The molecule has 0 radical (unpaired) electrons. The summed E-state index contributed by atoms with van der Waals surface area (Å²) in [5, 5.41) is 7.86. The zero-order chi connectivity index (χ0) is 13.1. The minimum atomic E-state index is -0.152. The van der Waals surface area contributed by atoms with E-state index < -0.39 is 0 Å². The number of nitrogens with two attached hydrogens (primary N) is 1. The number of rotatable bonds is 3. The van der Waals surface area contributed by atoms with Crippen LogP contribution in [0.3, 0.4) is 0 Å². The minimum absolute atomic E-state index is 0.152. The highest BCUT2D eigenvalue weighted by atomic mass is 32.2. The molecule has 1 fully saturated rings. The highest BCUT2D eigenvalue weighted by Gasteiger charge is 2.23. The molecular formula is C12H20N4OS. The van der Waals surface area contributed by atoms with Gasteiger partial charge in [0.05, 0.1) is 5.69 Å². The van der Waals surface area contributed by atoms with Gasteiger partial charge < -0.3 is 11.1 Å². The van der Waals surface area contributed by atoms with E-state index in [4.69, 9.17) is 5.73 Å². The van der Waals surface area contributed by atoms with Crippen molar-refractivity contribution in [3.8, 4) is 0 Å². The Labute approximate surface area is 111 Å². The molecule has 0 saturated heterocycles. The summed E-state index contributed by atoms with van der Waals surface area (Å²) in [4.78, 5) is 12.0. The Morgan fingerprint density at radius 1 is 1.50 bits per heavy atom. The summed E-state index contributed by atoms with van der Waals surface area (Å²) in [6.45, 7) is 0. The van der Waals surface area contributed by atoms with Gasteiger partial charge in [-0.05, 0) is 31.9 Å². The van der Waals surface area contributed by atoms with Crippen molar-refractivity contribution >= 4 is 23.4 Å². The van der Waals surface area contributed by atoms with E-state index in [1.165, 1.54) is 12.8 Å². The Kier molecular flexibility index (Phi) is 4.16. The Morgan fingerprint density at radius 2 is 2.17 bits per heavy atom. The van der Waals surface area contributed by atoms with Crippen LogP contribution >= 0.6 is 11.8 Å². The first-order valence-corrected chi connectivity index (χ1v) is 7.51. The zero-order valence-corrected chi connectivity index (χ0v) is 11.7. The molecule has 100 valence electrons. The summed E-state index contributed by atoms with van der Waals surface area (Å²) in [6.07, 6.45) is 8.24. The second-order valence-corrected chi connectivity index (χ2v) is 5.93. The maximum Gasteiger partial charge on any atom is 0.274 e. The molecule has 1 aliphatic carbocycles. The first-order valence-electron chi connectivity index (χ1n) is 6.23. The lowest BCUT2D eigenvalue weighted by atomic mass is 9.95. The second kappa shape index (κ2) is 5.65. The number of nitrogens with one attached hydrogen (secondary N) is 1. The number of amides is 1. The van der Waals surface area contributed by atoms with Gasteiger partial charge in [-0.3, -0.25) is 9.48 Å². The van der Waals surface area contributed by atoms with Gasteiger partial charge in [0, 0.05) is 24.5 Å². The predicted molar refractivity (Wildman–Crippen MR) is 74.6 cm³/mol. The van der Waals surface area contributed by atoms with Gasteiger partial charge in [0.15, 0.2) is 5.69 Å². The van der Waals surface area contributed by atoms with Gasteiger partial charge >= 0.3 is 0 Å². The Bertz CT molecular complexity index is 424. The maximum atomic E-state index is 12.0. The lowest BCUT2D eigenvalue weighted by molar-refractivity contribution is 0.0923. The Morgan fingerprint density at radius 3 is 2.67 bits per heavy atom. The van der Waals surface area contributed by atoms with E-state index in [0.717, 1.165) is 18.1 Å². The molecule has 1 aliphatic rings. The molecule has 3 N–H and O–H groups in total. The maximum absolute atomic E-state index is 12.0. The highest BCUT2D eigenvalue weighted by molar-refractivity contribution is 7.99. The lowest BCUT2D eigenvalue weighted by Crippen LogP contribution is -2.38. The van der Waals surface area contributed by atoms with Gasteiger partial charge in [-0.15, -0.1) is 0 Å². The molecule has 1 saturated carbocycles. The normalized spacial score (nSPS) is 23.9. The molecule has 0 bridgehead atoms. The van der Waals surface area contributed by atoms with Crippen molar-refractivity contribution < 1.29 is 4.79 Å². The third-order valence-electron chi connectivity index (χ3n) is 3.41. The third kappa shape index (κ3) is 2.98. The zero-order valence-electron chi connectivity index (χ0n) is 10.8. The summed E-state index contributed by atoms with van der Waals surface area (Å²) in [5.41, 5.74) is 6.52. The summed E-state index contributed by atoms with van der Waals surface area (Å²) in [6, 6.07) is 0.266. The van der Waals surface area contributed by atoms with Gasteiger partial charge in [-0.25, -0.2) is 0 Å². The van der Waals surface area contributed by atoms with Crippen LogP contribution in [-0.2, 0) is 7.05 Å². The van der Waals surface area contributed by atoms with Crippen LogP contribution in [0.2, 0.25) is 0 Å². The van der Waals surface area contributed by atoms with Crippen molar-refractivity contribution in [2.24, 2.45) is 7.05 Å². The van der Waals surface area contributed by atoms with Crippen molar-refractivity contribution in [1.29, 1.82) is 0 Å². The van der Waals surface area contributed by atoms with E-state index in [1.807, 2.05) is 11.8 Å². The van der Waals surface area contributed by atoms with Crippen LogP contribution < -0.4 is 11.1 Å². The molecule has 1 aromatic rings. The standard InChI is InChI=1S/C12H20N4OS/c1-16-7-10(13)11(15-16)12(17)14-8-3-5-9(18-2)6-4-8/h7-9H,3-6,13H2,1-2H3,(H,14,17). The van der Waals surface area contributed by atoms with E-state index in [9.17, 15) is 4.79 Å². The Hall–Kier alpha value is -1.17. The molecule has 1 heterocycles. The molecular weight excluding hydrogens is 248 g/mol. The van der Waals surface area contributed by atoms with Crippen molar-refractivity contribution in [2.45, 2.75) is 37.0 Å². The number of aromatic nitrogens is 2. The predicted octanol–water partition coefficient (Wildman–Crippen LogP) is 1.41. The third-order valence-corrected chi connectivity index (χ3v) is 4.55. The van der Waals surface area contributed by atoms with Crippen molar-refractivity contribution in [3.63, 3.8) is 0 Å². The first kappa shape index (κ1) is 13.3. The summed E-state index contributed by atoms with van der Waals surface area (Å²) >= 11 is 1.92. The van der Waals surface area contributed by atoms with E-state index in [0.29, 0.717) is 11.4 Å². The summed E-state index contributed by atoms with van der Waals surface area (Å²) in [7, 11) is 1.76. The number of carbonyl (C=O) groups is 1. The van der Waals surface area contributed by atoms with Crippen molar-refractivity contribution in [1.82, 2.24) is 15.1 Å². The second-order valence-electron chi connectivity index (χ2n) is 4.79. The monoisotopic (exact) mass is 268 g/mol. The Balaban J connectivity index is 1.90. The SMILES string of the molecule is CSC1CCC(NC(=O)c2nn(C)cc2N)CC1. The molecule has 0 aromatic carbocycles. The van der Waals surface area contributed by atoms with E-state index in [2.05, 4.69) is 16.7 Å². The molecule has 0 spiro atoms. The molecule has 0 aliphatic heterocycles. The number of hydrogen-bond acceptors (Lipinski definition) is 4. The average molecular weight is 268 g/mol. The van der Waals surface area contributed by atoms with Crippen LogP contribution in [0.25, 0.3) is 0 Å². The molecule has 0 atom stereocenters. The number of thioether (sulfide) groups is 1. The van der Waals surface area contributed by atoms with E-state index in [1.54, 1.807) is 17.9 Å². The fourth-order valence-electron chi connectivity index (χ4n) is 2.38. The van der Waals surface area contributed by atoms with Crippen molar-refractivity contribution in [2.75, 3.05) is 12.0 Å². The first-order chi connectivity index (χ1) is 8.60. The number of carbonyl (C=O) groups excluding carboxylic acids is 1. The van der Waals surface area contributed by atoms with Crippen LogP contribution in [0.1, 0.15) is 36.2 Å². The number of aryl methyl sites for hydroxylation is 1. The van der Waals surface area contributed by atoms with Crippen LogP contribution in [0.4, 0.5) is 5.69 Å². The molecule has 1 aromatic heterocycles.